The first-order chi connectivity index (χ1) is 9.69. The summed E-state index contributed by atoms with van der Waals surface area (Å²) in [7, 11) is 0. The van der Waals surface area contributed by atoms with Crippen molar-refractivity contribution in [2.45, 2.75) is 13.8 Å². The van der Waals surface area contributed by atoms with Crippen LogP contribution < -0.4 is 0 Å². The standard InChI is InChI=1S/C17H16N2O/c1-11-5-3-4-6-15(11)17-10-14-8-7-13(12(2)19-20)9-16(14)18-17/h3-10,18,20H,1-2H3. The molecule has 1 aromatic heterocycles. The molecule has 0 radical (unpaired) electrons. The van der Waals surface area contributed by atoms with Gasteiger partial charge in [0.1, 0.15) is 0 Å². The predicted octanol–water partition coefficient (Wildman–Crippen LogP) is 4.34. The molecule has 0 atom stereocenters. The molecule has 3 aromatic rings. The van der Waals surface area contributed by atoms with E-state index in [0.717, 1.165) is 22.2 Å². The Kier molecular flexibility index (Phi) is 3.03. The van der Waals surface area contributed by atoms with Gasteiger partial charge in [0, 0.05) is 27.7 Å². The molecule has 2 aromatic carbocycles. The van der Waals surface area contributed by atoms with Gasteiger partial charge in [-0.15, -0.1) is 0 Å². The van der Waals surface area contributed by atoms with E-state index in [1.54, 1.807) is 6.92 Å². The summed E-state index contributed by atoms with van der Waals surface area (Å²) in [5.74, 6) is 0. The Hall–Kier alpha value is -2.55. The average molecular weight is 264 g/mol. The van der Waals surface area contributed by atoms with Crippen LogP contribution in [0, 0.1) is 6.92 Å². The van der Waals surface area contributed by atoms with E-state index >= 15 is 0 Å². The maximum atomic E-state index is 8.86. The van der Waals surface area contributed by atoms with Crippen molar-refractivity contribution in [1.29, 1.82) is 0 Å². The average Bonchev–Trinajstić information content (AvgIpc) is 2.89. The summed E-state index contributed by atoms with van der Waals surface area (Å²) < 4.78 is 0. The Morgan fingerprint density at radius 1 is 1.10 bits per heavy atom. The number of hydrogen-bond donors (Lipinski definition) is 2. The number of rotatable bonds is 2. The second-order valence-electron chi connectivity index (χ2n) is 4.99. The zero-order valence-electron chi connectivity index (χ0n) is 11.5. The molecule has 0 unspecified atom stereocenters. The monoisotopic (exact) mass is 264 g/mol. The lowest BCUT2D eigenvalue weighted by Gasteiger charge is -2.01. The van der Waals surface area contributed by atoms with Gasteiger partial charge in [0.05, 0.1) is 5.71 Å². The molecule has 1 heterocycles. The van der Waals surface area contributed by atoms with Gasteiger partial charge < -0.3 is 10.2 Å². The summed E-state index contributed by atoms with van der Waals surface area (Å²) in [5.41, 5.74) is 6.12. The van der Waals surface area contributed by atoms with Crippen LogP contribution in [0.2, 0.25) is 0 Å². The van der Waals surface area contributed by atoms with Crippen LogP contribution in [0.3, 0.4) is 0 Å². The van der Waals surface area contributed by atoms with Crippen molar-refractivity contribution in [2.75, 3.05) is 0 Å². The van der Waals surface area contributed by atoms with Gasteiger partial charge in [0.25, 0.3) is 0 Å². The van der Waals surface area contributed by atoms with E-state index in [-0.39, 0.29) is 0 Å². The minimum Gasteiger partial charge on any atom is -0.411 e. The van der Waals surface area contributed by atoms with E-state index in [9.17, 15) is 0 Å². The molecule has 0 aliphatic heterocycles. The number of H-pyrrole nitrogens is 1. The zero-order chi connectivity index (χ0) is 14.1. The summed E-state index contributed by atoms with van der Waals surface area (Å²) in [4.78, 5) is 3.44. The first-order valence-electron chi connectivity index (χ1n) is 6.57. The minimum absolute atomic E-state index is 0.610. The van der Waals surface area contributed by atoms with Gasteiger partial charge >= 0.3 is 0 Å². The summed E-state index contributed by atoms with van der Waals surface area (Å²) in [6.45, 7) is 3.89. The molecule has 0 spiro atoms. The van der Waals surface area contributed by atoms with Crippen LogP contribution in [-0.2, 0) is 0 Å². The van der Waals surface area contributed by atoms with Gasteiger partial charge in [-0.3, -0.25) is 0 Å². The van der Waals surface area contributed by atoms with Crippen LogP contribution >= 0.6 is 0 Å². The lowest BCUT2D eigenvalue weighted by Crippen LogP contribution is -1.93. The third-order valence-electron chi connectivity index (χ3n) is 3.63. The summed E-state index contributed by atoms with van der Waals surface area (Å²) >= 11 is 0. The number of fused-ring (bicyclic) bond motifs is 1. The molecule has 0 amide bonds. The number of aromatic nitrogens is 1. The largest absolute Gasteiger partial charge is 0.411 e. The number of aryl methyl sites for hydroxylation is 1. The summed E-state index contributed by atoms with van der Waals surface area (Å²) in [6.07, 6.45) is 0. The molecule has 0 bridgehead atoms. The van der Waals surface area contributed by atoms with Crippen molar-refractivity contribution < 1.29 is 5.21 Å². The summed E-state index contributed by atoms with van der Waals surface area (Å²) in [5, 5.41) is 13.3. The Morgan fingerprint density at radius 3 is 2.65 bits per heavy atom. The van der Waals surface area contributed by atoms with Crippen molar-refractivity contribution in [3.63, 3.8) is 0 Å². The molecule has 3 nitrogen and oxygen atoms in total. The number of oxime groups is 1. The highest BCUT2D eigenvalue weighted by molar-refractivity contribution is 6.01. The quantitative estimate of drug-likeness (QED) is 0.403. The topological polar surface area (TPSA) is 48.4 Å². The van der Waals surface area contributed by atoms with Crippen molar-refractivity contribution >= 4 is 16.6 Å². The smallest absolute Gasteiger partial charge is 0.0837 e. The highest BCUT2D eigenvalue weighted by Gasteiger charge is 2.07. The SMILES string of the molecule is CC(=NO)c1ccc2cc(-c3ccccc3C)[nH]c2c1. The van der Waals surface area contributed by atoms with Crippen LogP contribution in [-0.4, -0.2) is 15.9 Å². The molecule has 3 rings (SSSR count). The van der Waals surface area contributed by atoms with Crippen molar-refractivity contribution in [2.24, 2.45) is 5.16 Å². The third-order valence-corrected chi connectivity index (χ3v) is 3.63. The Labute approximate surface area is 117 Å². The molecule has 100 valence electrons. The normalized spacial score (nSPS) is 12.0. The summed E-state index contributed by atoms with van der Waals surface area (Å²) in [6, 6.07) is 16.5. The molecule has 2 N–H and O–H groups in total. The van der Waals surface area contributed by atoms with Gasteiger partial charge in [-0.05, 0) is 31.5 Å². The molecular weight excluding hydrogens is 248 g/mol. The number of benzene rings is 2. The number of nitrogens with zero attached hydrogens (tertiary/aromatic N) is 1. The number of hydrogen-bond acceptors (Lipinski definition) is 2. The van der Waals surface area contributed by atoms with Gasteiger partial charge in [-0.25, -0.2) is 0 Å². The molecule has 0 fully saturated rings. The number of aromatic amines is 1. The van der Waals surface area contributed by atoms with Gasteiger partial charge in [-0.1, -0.05) is 41.6 Å². The fourth-order valence-corrected chi connectivity index (χ4v) is 2.43. The lowest BCUT2D eigenvalue weighted by atomic mass is 10.1. The predicted molar refractivity (Wildman–Crippen MR) is 82.5 cm³/mol. The van der Waals surface area contributed by atoms with Crippen molar-refractivity contribution in [1.82, 2.24) is 4.98 Å². The molecule has 0 aliphatic rings. The van der Waals surface area contributed by atoms with Gasteiger partial charge in [0.2, 0.25) is 0 Å². The zero-order valence-corrected chi connectivity index (χ0v) is 11.5. The maximum Gasteiger partial charge on any atom is 0.0837 e. The van der Waals surface area contributed by atoms with Crippen LogP contribution in [0.25, 0.3) is 22.2 Å². The highest BCUT2D eigenvalue weighted by Crippen LogP contribution is 2.27. The van der Waals surface area contributed by atoms with E-state index in [1.165, 1.54) is 11.1 Å². The maximum absolute atomic E-state index is 8.86. The minimum atomic E-state index is 0.610. The Balaban J connectivity index is 2.14. The van der Waals surface area contributed by atoms with E-state index in [1.807, 2.05) is 30.3 Å². The highest BCUT2D eigenvalue weighted by atomic mass is 16.4. The molecule has 0 aliphatic carbocycles. The molecule has 3 heteroatoms. The first kappa shape index (κ1) is 12.5. The van der Waals surface area contributed by atoms with Gasteiger partial charge in [0.15, 0.2) is 0 Å². The fourth-order valence-electron chi connectivity index (χ4n) is 2.43. The molecule has 0 saturated carbocycles. The second kappa shape index (κ2) is 4.85. The van der Waals surface area contributed by atoms with E-state index in [4.69, 9.17) is 5.21 Å². The van der Waals surface area contributed by atoms with Crippen LogP contribution in [0.4, 0.5) is 0 Å². The van der Waals surface area contributed by atoms with E-state index in [2.05, 4.69) is 35.3 Å². The number of nitrogens with one attached hydrogen (secondary N) is 1. The van der Waals surface area contributed by atoms with E-state index < -0.39 is 0 Å². The van der Waals surface area contributed by atoms with Crippen molar-refractivity contribution in [3.8, 4) is 11.3 Å². The lowest BCUT2D eigenvalue weighted by molar-refractivity contribution is 0.319. The fraction of sp³-hybridized carbons (Fsp3) is 0.118. The second-order valence-corrected chi connectivity index (χ2v) is 4.99. The first-order valence-corrected chi connectivity index (χ1v) is 6.57. The van der Waals surface area contributed by atoms with Crippen LogP contribution in [0.5, 0.6) is 0 Å². The van der Waals surface area contributed by atoms with Crippen LogP contribution in [0.15, 0.2) is 53.7 Å². The third kappa shape index (κ3) is 2.07. The molecular formula is C17H16N2O. The Bertz CT molecular complexity index is 800. The van der Waals surface area contributed by atoms with Crippen molar-refractivity contribution in [3.05, 3.63) is 59.7 Å². The van der Waals surface area contributed by atoms with E-state index in [0.29, 0.717) is 5.71 Å². The molecule has 20 heavy (non-hydrogen) atoms. The van der Waals surface area contributed by atoms with Crippen LogP contribution in [0.1, 0.15) is 18.1 Å². The van der Waals surface area contributed by atoms with Gasteiger partial charge in [-0.2, -0.15) is 0 Å². The Morgan fingerprint density at radius 2 is 1.90 bits per heavy atom. The molecule has 0 saturated heterocycles.